The molecule has 0 saturated carbocycles. The number of carbonyl (C=O) groups excluding carboxylic acids is 1. The first-order chi connectivity index (χ1) is 8.66. The summed E-state index contributed by atoms with van der Waals surface area (Å²) >= 11 is 1.33. The van der Waals surface area contributed by atoms with Crippen molar-refractivity contribution in [3.8, 4) is 0 Å². The van der Waals surface area contributed by atoms with Crippen molar-refractivity contribution in [3.63, 3.8) is 0 Å². The van der Waals surface area contributed by atoms with Gasteiger partial charge in [-0.05, 0) is 34.2 Å². The molecular formula is C10H7F5INO2. The maximum Gasteiger partial charge on any atom is 0.434 e. The van der Waals surface area contributed by atoms with Crippen LogP contribution in [-0.2, 0) is 22.1 Å². The minimum absolute atomic E-state index is 0.278. The Morgan fingerprint density at radius 1 is 1.47 bits per heavy atom. The van der Waals surface area contributed by atoms with E-state index in [0.717, 1.165) is 13.2 Å². The predicted octanol–water partition coefficient (Wildman–Crippen LogP) is 3.36. The van der Waals surface area contributed by atoms with Gasteiger partial charge >= 0.3 is 12.1 Å². The minimum atomic E-state index is -4.83. The fourth-order valence-electron chi connectivity index (χ4n) is 1.30. The summed E-state index contributed by atoms with van der Waals surface area (Å²) in [5.41, 5.74) is -2.73. The van der Waals surface area contributed by atoms with E-state index in [-0.39, 0.29) is 9.13 Å². The third-order valence-corrected chi connectivity index (χ3v) is 2.95. The summed E-state index contributed by atoms with van der Waals surface area (Å²) in [6.07, 6.45) is -8.60. The van der Waals surface area contributed by atoms with E-state index in [1.165, 1.54) is 22.6 Å². The molecule has 1 aromatic heterocycles. The molecule has 3 nitrogen and oxygen atoms in total. The number of esters is 1. The lowest BCUT2D eigenvalue weighted by molar-refractivity contribution is -0.142. The lowest BCUT2D eigenvalue weighted by Gasteiger charge is -2.13. The fourth-order valence-corrected chi connectivity index (χ4v) is 2.10. The highest BCUT2D eigenvalue weighted by molar-refractivity contribution is 14.1. The number of alkyl halides is 5. The lowest BCUT2D eigenvalue weighted by Crippen LogP contribution is -2.16. The number of aromatic nitrogens is 1. The molecule has 0 radical (unpaired) electrons. The molecule has 19 heavy (non-hydrogen) atoms. The van der Waals surface area contributed by atoms with Crippen molar-refractivity contribution in [2.45, 2.75) is 19.0 Å². The molecule has 0 aliphatic rings. The van der Waals surface area contributed by atoms with Crippen molar-refractivity contribution < 1.29 is 31.5 Å². The summed E-state index contributed by atoms with van der Waals surface area (Å²) in [5, 5.41) is 0. The van der Waals surface area contributed by atoms with Gasteiger partial charge in [-0.25, -0.2) is 13.8 Å². The largest absolute Gasteiger partial charge is 0.469 e. The van der Waals surface area contributed by atoms with Crippen LogP contribution in [0.3, 0.4) is 0 Å². The van der Waals surface area contributed by atoms with Crippen molar-refractivity contribution in [3.05, 3.63) is 26.6 Å². The van der Waals surface area contributed by atoms with Gasteiger partial charge < -0.3 is 4.74 Å². The molecule has 0 saturated heterocycles. The molecule has 0 amide bonds. The molecule has 0 aromatic carbocycles. The quantitative estimate of drug-likeness (QED) is 0.448. The van der Waals surface area contributed by atoms with Gasteiger partial charge in [-0.3, -0.25) is 4.79 Å². The van der Waals surface area contributed by atoms with E-state index in [1.807, 2.05) is 0 Å². The second kappa shape index (κ2) is 5.97. The molecule has 1 aromatic rings. The average molecular weight is 395 g/mol. The van der Waals surface area contributed by atoms with Crippen LogP contribution in [0.2, 0.25) is 0 Å². The smallest absolute Gasteiger partial charge is 0.434 e. The molecule has 1 rings (SSSR count). The fraction of sp³-hybridized carbons (Fsp3) is 0.400. The third-order valence-electron chi connectivity index (χ3n) is 2.13. The molecule has 0 aliphatic carbocycles. The van der Waals surface area contributed by atoms with Gasteiger partial charge in [-0.2, -0.15) is 13.2 Å². The summed E-state index contributed by atoms with van der Waals surface area (Å²) in [4.78, 5) is 14.0. The monoisotopic (exact) mass is 395 g/mol. The van der Waals surface area contributed by atoms with Gasteiger partial charge in [0.05, 0.1) is 13.5 Å². The number of hydrogen-bond acceptors (Lipinski definition) is 3. The molecule has 0 spiro atoms. The minimum Gasteiger partial charge on any atom is -0.469 e. The maximum absolute atomic E-state index is 12.7. The van der Waals surface area contributed by atoms with Crippen LogP contribution in [0, 0.1) is 3.57 Å². The normalized spacial score (nSPS) is 11.8. The van der Waals surface area contributed by atoms with Crippen LogP contribution < -0.4 is 0 Å². The zero-order valence-electron chi connectivity index (χ0n) is 9.39. The first-order valence-corrected chi connectivity index (χ1v) is 5.86. The zero-order chi connectivity index (χ0) is 14.8. The van der Waals surface area contributed by atoms with E-state index in [9.17, 15) is 26.7 Å². The van der Waals surface area contributed by atoms with Gasteiger partial charge in [0.2, 0.25) is 0 Å². The first kappa shape index (κ1) is 16.1. The van der Waals surface area contributed by atoms with E-state index >= 15 is 0 Å². The summed E-state index contributed by atoms with van der Waals surface area (Å²) in [7, 11) is 1.05. The molecule has 9 heteroatoms. The Kier molecular flexibility index (Phi) is 5.04. The Balaban J connectivity index is 3.33. The van der Waals surface area contributed by atoms with Gasteiger partial charge in [0, 0.05) is 3.57 Å². The molecule has 106 valence electrons. The van der Waals surface area contributed by atoms with Gasteiger partial charge in [0.1, 0.15) is 5.69 Å². The number of carbonyl (C=O) groups is 1. The van der Waals surface area contributed by atoms with Crippen LogP contribution in [0.5, 0.6) is 0 Å². The van der Waals surface area contributed by atoms with E-state index in [2.05, 4.69) is 9.72 Å². The average Bonchev–Trinajstić information content (AvgIpc) is 2.26. The van der Waals surface area contributed by atoms with Crippen molar-refractivity contribution in [1.82, 2.24) is 4.98 Å². The summed E-state index contributed by atoms with van der Waals surface area (Å²) in [6, 6.07) is 0.870. The molecule has 0 fully saturated rings. The maximum atomic E-state index is 12.7. The van der Waals surface area contributed by atoms with Crippen molar-refractivity contribution in [2.24, 2.45) is 0 Å². The Morgan fingerprint density at radius 3 is 2.47 bits per heavy atom. The van der Waals surface area contributed by atoms with Crippen LogP contribution in [0.4, 0.5) is 22.0 Å². The number of rotatable bonds is 3. The van der Waals surface area contributed by atoms with Crippen LogP contribution in [0.1, 0.15) is 23.4 Å². The molecule has 0 aliphatic heterocycles. The second-order valence-corrected chi connectivity index (χ2v) is 4.58. The lowest BCUT2D eigenvalue weighted by atomic mass is 10.1. The molecule has 0 unspecified atom stereocenters. The Hall–Kier alpha value is -1.00. The number of methoxy groups -OCH3 is 1. The van der Waals surface area contributed by atoms with Crippen molar-refractivity contribution in [2.75, 3.05) is 7.11 Å². The van der Waals surface area contributed by atoms with Crippen LogP contribution in [0.25, 0.3) is 0 Å². The van der Waals surface area contributed by atoms with E-state index < -0.39 is 36.4 Å². The Bertz CT molecular complexity index is 490. The van der Waals surface area contributed by atoms with Crippen LogP contribution in [0.15, 0.2) is 6.07 Å². The van der Waals surface area contributed by atoms with E-state index in [1.54, 1.807) is 0 Å². The summed E-state index contributed by atoms with van der Waals surface area (Å²) < 4.78 is 67.0. The van der Waals surface area contributed by atoms with Crippen molar-refractivity contribution >= 4 is 28.6 Å². The molecule has 0 atom stereocenters. The number of nitrogens with zero attached hydrogens (tertiary/aromatic N) is 1. The number of halogens is 6. The van der Waals surface area contributed by atoms with Gasteiger partial charge in [-0.1, -0.05) is 0 Å². The highest BCUT2D eigenvalue weighted by Crippen LogP contribution is 2.34. The van der Waals surface area contributed by atoms with Gasteiger partial charge in [0.25, 0.3) is 6.43 Å². The second-order valence-electron chi connectivity index (χ2n) is 3.41. The third kappa shape index (κ3) is 3.98. The first-order valence-electron chi connectivity index (χ1n) is 4.78. The standard InChI is InChI=1S/C10H7F5INO2/c1-19-6(18)3-4-2-5(16)8(10(13,14)15)17-7(4)9(11)12/h2,9H,3H2,1H3. The number of hydrogen-bond donors (Lipinski definition) is 0. The van der Waals surface area contributed by atoms with Crippen molar-refractivity contribution in [1.29, 1.82) is 0 Å². The molecular weight excluding hydrogens is 388 g/mol. The Labute approximate surface area is 118 Å². The zero-order valence-corrected chi connectivity index (χ0v) is 11.6. The Morgan fingerprint density at radius 2 is 2.05 bits per heavy atom. The molecule has 0 bridgehead atoms. The number of ether oxygens (including phenoxy) is 1. The topological polar surface area (TPSA) is 39.2 Å². The summed E-state index contributed by atoms with van der Waals surface area (Å²) in [6.45, 7) is 0. The van der Waals surface area contributed by atoms with Crippen LogP contribution >= 0.6 is 22.6 Å². The highest BCUT2D eigenvalue weighted by atomic mass is 127. The van der Waals surface area contributed by atoms with E-state index in [0.29, 0.717) is 0 Å². The van der Waals surface area contributed by atoms with Gasteiger partial charge in [0.15, 0.2) is 5.69 Å². The van der Waals surface area contributed by atoms with E-state index in [4.69, 9.17) is 0 Å². The SMILES string of the molecule is COC(=O)Cc1cc(I)c(C(F)(F)F)nc1C(F)F. The number of pyridine rings is 1. The predicted molar refractivity (Wildman–Crippen MR) is 62.6 cm³/mol. The summed E-state index contributed by atoms with van der Waals surface area (Å²) in [5.74, 6) is -0.834. The van der Waals surface area contributed by atoms with Gasteiger partial charge in [-0.15, -0.1) is 0 Å². The highest BCUT2D eigenvalue weighted by Gasteiger charge is 2.37. The molecule has 1 heterocycles. The van der Waals surface area contributed by atoms with Crippen LogP contribution in [-0.4, -0.2) is 18.1 Å². The molecule has 0 N–H and O–H groups in total.